The minimum atomic E-state index is 0.473. The van der Waals surface area contributed by atoms with E-state index in [0.29, 0.717) is 5.41 Å². The van der Waals surface area contributed by atoms with E-state index in [1.807, 2.05) is 27.7 Å². The summed E-state index contributed by atoms with van der Waals surface area (Å²) < 4.78 is 0. The Morgan fingerprint density at radius 1 is 1.13 bits per heavy atom. The Morgan fingerprint density at radius 3 is 2.00 bits per heavy atom. The van der Waals surface area contributed by atoms with Crippen molar-refractivity contribution in [3.8, 4) is 0 Å². The highest BCUT2D eigenvalue weighted by Gasteiger charge is 2.15. The van der Waals surface area contributed by atoms with Crippen LogP contribution in [0.3, 0.4) is 0 Å². The Hall–Kier alpha value is -0.300. The maximum Gasteiger partial charge on any atom is -0.00611 e. The van der Waals surface area contributed by atoms with Crippen molar-refractivity contribution in [1.82, 2.24) is 0 Å². The molecule has 0 amide bonds. The first-order chi connectivity index (χ1) is 7.14. The molecule has 15 heavy (non-hydrogen) atoms. The summed E-state index contributed by atoms with van der Waals surface area (Å²) in [4.78, 5) is 0. The summed E-state index contributed by atoms with van der Waals surface area (Å²) in [7, 11) is 0. The summed E-state index contributed by atoms with van der Waals surface area (Å²) in [6.45, 7) is 14.9. The van der Waals surface area contributed by atoms with Gasteiger partial charge in [-0.15, -0.1) is 0 Å². The van der Waals surface area contributed by atoms with Gasteiger partial charge in [-0.3, -0.25) is 0 Å². The van der Waals surface area contributed by atoms with E-state index in [0.717, 1.165) is 0 Å². The van der Waals surface area contributed by atoms with Crippen LogP contribution in [0, 0.1) is 5.41 Å². The molecule has 1 rings (SSSR count). The summed E-state index contributed by atoms with van der Waals surface area (Å²) in [5, 5.41) is 4.40. The molecule has 0 fully saturated rings. The van der Waals surface area contributed by atoms with Crippen molar-refractivity contribution in [2.75, 3.05) is 0 Å². The fraction of sp³-hybridized carbons (Fsp3) is 0.714. The molecule has 0 nitrogen and oxygen atoms in total. The lowest BCUT2D eigenvalue weighted by Crippen LogP contribution is -2.12. The van der Waals surface area contributed by atoms with Crippen LogP contribution in [0.4, 0.5) is 0 Å². The summed E-state index contributed by atoms with van der Waals surface area (Å²) >= 11 is 1.79. The lowest BCUT2D eigenvalue weighted by molar-refractivity contribution is 0.349. The number of thiophene rings is 1. The van der Waals surface area contributed by atoms with Gasteiger partial charge >= 0.3 is 0 Å². The molecule has 0 saturated heterocycles. The minimum Gasteiger partial charge on any atom is -0.152 e. The fourth-order valence-corrected chi connectivity index (χ4v) is 1.74. The topological polar surface area (TPSA) is 0 Å². The molecule has 0 N–H and O–H groups in total. The van der Waals surface area contributed by atoms with Gasteiger partial charge in [-0.05, 0) is 34.2 Å². The van der Waals surface area contributed by atoms with Gasteiger partial charge in [0.25, 0.3) is 0 Å². The molecular weight excluding hydrogens is 200 g/mol. The van der Waals surface area contributed by atoms with Crippen LogP contribution in [0.2, 0.25) is 0 Å². The average Bonchev–Trinajstić information content (AvgIpc) is 2.76. The van der Waals surface area contributed by atoms with Gasteiger partial charge < -0.3 is 0 Å². The molecule has 0 bridgehead atoms. The SMILES string of the molecule is CC.CC.CCC(C)(C)Cc1ccsc1. The van der Waals surface area contributed by atoms with Crippen LogP contribution in [0.25, 0.3) is 0 Å². The molecule has 0 unspecified atom stereocenters. The van der Waals surface area contributed by atoms with Crippen molar-refractivity contribution in [2.45, 2.75) is 61.3 Å². The zero-order valence-corrected chi connectivity index (χ0v) is 12.4. The quantitative estimate of drug-likeness (QED) is 0.615. The molecule has 1 heteroatoms. The molecule has 1 heterocycles. The van der Waals surface area contributed by atoms with Crippen molar-refractivity contribution in [2.24, 2.45) is 5.41 Å². The smallest absolute Gasteiger partial charge is 0.00611 e. The molecule has 0 atom stereocenters. The highest BCUT2D eigenvalue weighted by atomic mass is 32.1. The van der Waals surface area contributed by atoms with Crippen molar-refractivity contribution in [3.63, 3.8) is 0 Å². The van der Waals surface area contributed by atoms with Crippen molar-refractivity contribution in [1.29, 1.82) is 0 Å². The van der Waals surface area contributed by atoms with Crippen LogP contribution in [-0.2, 0) is 6.42 Å². The first-order valence-electron chi connectivity index (χ1n) is 6.15. The largest absolute Gasteiger partial charge is 0.152 e. The fourth-order valence-electron chi connectivity index (χ4n) is 1.07. The van der Waals surface area contributed by atoms with Gasteiger partial charge in [0.05, 0.1) is 0 Å². The predicted molar refractivity (Wildman–Crippen MR) is 74.8 cm³/mol. The van der Waals surface area contributed by atoms with E-state index >= 15 is 0 Å². The Kier molecular flexibility index (Phi) is 11.7. The molecule has 0 aromatic carbocycles. The summed E-state index contributed by atoms with van der Waals surface area (Å²) in [6, 6.07) is 2.22. The van der Waals surface area contributed by atoms with E-state index in [-0.39, 0.29) is 0 Å². The van der Waals surface area contributed by atoms with Crippen LogP contribution in [-0.4, -0.2) is 0 Å². The van der Waals surface area contributed by atoms with E-state index in [4.69, 9.17) is 0 Å². The maximum atomic E-state index is 2.32. The van der Waals surface area contributed by atoms with Gasteiger partial charge in [0.1, 0.15) is 0 Å². The molecule has 1 aromatic heterocycles. The number of rotatable bonds is 3. The lowest BCUT2D eigenvalue weighted by atomic mass is 9.84. The van der Waals surface area contributed by atoms with Crippen LogP contribution in [0.1, 0.15) is 60.5 Å². The van der Waals surface area contributed by atoms with Crippen molar-refractivity contribution >= 4 is 11.3 Å². The lowest BCUT2D eigenvalue weighted by Gasteiger charge is -2.21. The number of hydrogen-bond donors (Lipinski definition) is 0. The Morgan fingerprint density at radius 2 is 1.67 bits per heavy atom. The Bertz CT molecular complexity index is 197. The van der Waals surface area contributed by atoms with E-state index < -0.39 is 0 Å². The molecule has 1 aromatic rings. The Labute approximate surface area is 101 Å². The second kappa shape index (κ2) is 10.2. The van der Waals surface area contributed by atoms with Crippen LogP contribution in [0.5, 0.6) is 0 Å². The Balaban J connectivity index is 0. The second-order valence-electron chi connectivity index (χ2n) is 3.83. The van der Waals surface area contributed by atoms with Crippen LogP contribution < -0.4 is 0 Å². The first kappa shape index (κ1) is 17.1. The summed E-state index contributed by atoms with van der Waals surface area (Å²) in [5.41, 5.74) is 1.96. The van der Waals surface area contributed by atoms with Crippen LogP contribution >= 0.6 is 11.3 Å². The molecule has 0 saturated carbocycles. The second-order valence-corrected chi connectivity index (χ2v) is 4.61. The normalized spacial score (nSPS) is 9.53. The predicted octanol–water partition coefficient (Wildman–Crippen LogP) is 5.78. The number of hydrogen-bond acceptors (Lipinski definition) is 1. The monoisotopic (exact) mass is 228 g/mol. The van der Waals surface area contributed by atoms with Gasteiger partial charge in [-0.1, -0.05) is 54.9 Å². The average molecular weight is 228 g/mol. The molecule has 0 aliphatic rings. The zero-order valence-electron chi connectivity index (χ0n) is 11.6. The van der Waals surface area contributed by atoms with Crippen molar-refractivity contribution in [3.05, 3.63) is 22.4 Å². The van der Waals surface area contributed by atoms with Gasteiger partial charge in [0.15, 0.2) is 0 Å². The standard InChI is InChI=1S/C10H16S.2C2H6/c1-4-10(2,3)7-9-5-6-11-8-9;2*1-2/h5-6,8H,4,7H2,1-3H3;2*1-2H3. The van der Waals surface area contributed by atoms with Gasteiger partial charge in [0, 0.05) is 0 Å². The zero-order chi connectivity index (χ0) is 12.3. The molecule has 0 aliphatic carbocycles. The highest BCUT2D eigenvalue weighted by Crippen LogP contribution is 2.26. The van der Waals surface area contributed by atoms with Gasteiger partial charge in [0.2, 0.25) is 0 Å². The third kappa shape index (κ3) is 8.68. The third-order valence-corrected chi connectivity index (χ3v) is 2.95. The van der Waals surface area contributed by atoms with Gasteiger partial charge in [-0.25, -0.2) is 0 Å². The van der Waals surface area contributed by atoms with Gasteiger partial charge in [-0.2, -0.15) is 11.3 Å². The van der Waals surface area contributed by atoms with Crippen molar-refractivity contribution < 1.29 is 0 Å². The van der Waals surface area contributed by atoms with E-state index in [9.17, 15) is 0 Å². The van der Waals surface area contributed by atoms with E-state index in [2.05, 4.69) is 37.6 Å². The molecule has 90 valence electrons. The highest BCUT2D eigenvalue weighted by molar-refractivity contribution is 7.07. The minimum absolute atomic E-state index is 0.473. The summed E-state index contributed by atoms with van der Waals surface area (Å²) in [5.74, 6) is 0. The van der Waals surface area contributed by atoms with Crippen LogP contribution in [0.15, 0.2) is 16.8 Å². The van der Waals surface area contributed by atoms with E-state index in [1.165, 1.54) is 18.4 Å². The third-order valence-electron chi connectivity index (χ3n) is 2.22. The first-order valence-corrected chi connectivity index (χ1v) is 7.09. The molecule has 0 aliphatic heterocycles. The molecule has 0 radical (unpaired) electrons. The molecule has 0 spiro atoms. The van der Waals surface area contributed by atoms with E-state index in [1.54, 1.807) is 11.3 Å². The maximum absolute atomic E-state index is 2.32. The molecular formula is C14H28S. The summed E-state index contributed by atoms with van der Waals surface area (Å²) in [6.07, 6.45) is 2.47.